The number of carboxylic acid groups (broad SMARTS) is 1. The van der Waals surface area contributed by atoms with Crippen LogP contribution in [-0.4, -0.2) is 23.3 Å². The second-order valence-electron chi connectivity index (χ2n) is 4.27. The van der Waals surface area contributed by atoms with E-state index in [1.165, 1.54) is 0 Å². The van der Waals surface area contributed by atoms with Gasteiger partial charge in [0, 0.05) is 0 Å². The molecule has 0 aromatic heterocycles. The monoisotopic (exact) mass is 186 g/mol. The zero-order valence-electron chi connectivity index (χ0n) is 8.49. The molecule has 0 radical (unpaired) electrons. The SMILES string of the molecule is CC(C)CC1CC(C(=O)O)C(C)O1. The third-order valence-electron chi connectivity index (χ3n) is 2.54. The number of rotatable bonds is 3. The summed E-state index contributed by atoms with van der Waals surface area (Å²) < 4.78 is 5.57. The quantitative estimate of drug-likeness (QED) is 0.732. The van der Waals surface area contributed by atoms with E-state index in [1.807, 2.05) is 6.92 Å². The molecular weight excluding hydrogens is 168 g/mol. The van der Waals surface area contributed by atoms with Crippen LogP contribution in [0.1, 0.15) is 33.6 Å². The van der Waals surface area contributed by atoms with Crippen molar-refractivity contribution in [2.24, 2.45) is 11.8 Å². The fourth-order valence-electron chi connectivity index (χ4n) is 1.91. The fourth-order valence-corrected chi connectivity index (χ4v) is 1.91. The molecule has 0 amide bonds. The molecule has 0 saturated carbocycles. The van der Waals surface area contributed by atoms with Gasteiger partial charge in [-0.3, -0.25) is 4.79 Å². The Balaban J connectivity index is 2.45. The minimum absolute atomic E-state index is 0.124. The normalized spacial score (nSPS) is 34.0. The Morgan fingerprint density at radius 3 is 2.62 bits per heavy atom. The molecule has 3 atom stereocenters. The van der Waals surface area contributed by atoms with Gasteiger partial charge in [-0.1, -0.05) is 13.8 Å². The maximum atomic E-state index is 10.8. The number of carboxylic acids is 1. The van der Waals surface area contributed by atoms with Gasteiger partial charge >= 0.3 is 5.97 Å². The maximum absolute atomic E-state index is 10.8. The minimum Gasteiger partial charge on any atom is -0.481 e. The number of hydrogen-bond donors (Lipinski definition) is 1. The highest BCUT2D eigenvalue weighted by Crippen LogP contribution is 2.29. The summed E-state index contributed by atoms with van der Waals surface area (Å²) in [5, 5.41) is 8.86. The van der Waals surface area contributed by atoms with Crippen molar-refractivity contribution in [1.29, 1.82) is 0 Å². The number of ether oxygens (including phenoxy) is 1. The summed E-state index contributed by atoms with van der Waals surface area (Å²) in [7, 11) is 0. The largest absolute Gasteiger partial charge is 0.481 e. The van der Waals surface area contributed by atoms with Crippen molar-refractivity contribution in [3.05, 3.63) is 0 Å². The average molecular weight is 186 g/mol. The van der Waals surface area contributed by atoms with Crippen LogP contribution in [0.2, 0.25) is 0 Å². The molecule has 3 nitrogen and oxygen atoms in total. The van der Waals surface area contributed by atoms with Gasteiger partial charge in [0.2, 0.25) is 0 Å². The Hall–Kier alpha value is -0.570. The van der Waals surface area contributed by atoms with Crippen LogP contribution in [0.4, 0.5) is 0 Å². The highest BCUT2D eigenvalue weighted by molar-refractivity contribution is 5.71. The van der Waals surface area contributed by atoms with Crippen molar-refractivity contribution >= 4 is 5.97 Å². The van der Waals surface area contributed by atoms with Gasteiger partial charge in [0.1, 0.15) is 0 Å². The molecule has 3 unspecified atom stereocenters. The summed E-state index contributed by atoms with van der Waals surface area (Å²) >= 11 is 0. The first kappa shape index (κ1) is 10.5. The molecule has 1 saturated heterocycles. The van der Waals surface area contributed by atoms with Crippen LogP contribution in [0.3, 0.4) is 0 Å². The molecule has 1 heterocycles. The Morgan fingerprint density at radius 1 is 1.62 bits per heavy atom. The lowest BCUT2D eigenvalue weighted by Gasteiger charge is -2.12. The van der Waals surface area contributed by atoms with Crippen LogP contribution in [0.15, 0.2) is 0 Å². The molecule has 0 spiro atoms. The third kappa shape index (κ3) is 2.69. The standard InChI is InChI=1S/C10H18O3/c1-6(2)4-8-5-9(10(11)12)7(3)13-8/h6-9H,4-5H2,1-3H3,(H,11,12). The molecule has 0 bridgehead atoms. The Kier molecular flexibility index (Phi) is 3.31. The van der Waals surface area contributed by atoms with E-state index in [4.69, 9.17) is 9.84 Å². The number of aliphatic carboxylic acids is 1. The zero-order chi connectivity index (χ0) is 10.0. The van der Waals surface area contributed by atoms with Crippen LogP contribution in [0.25, 0.3) is 0 Å². The van der Waals surface area contributed by atoms with Crippen LogP contribution in [0, 0.1) is 11.8 Å². The molecular formula is C10H18O3. The summed E-state index contributed by atoms with van der Waals surface area (Å²) in [4.78, 5) is 10.8. The van der Waals surface area contributed by atoms with Gasteiger partial charge in [-0.05, 0) is 25.7 Å². The van der Waals surface area contributed by atoms with E-state index in [-0.39, 0.29) is 18.1 Å². The first-order valence-electron chi connectivity index (χ1n) is 4.89. The van der Waals surface area contributed by atoms with E-state index in [0.717, 1.165) is 6.42 Å². The van der Waals surface area contributed by atoms with E-state index in [1.54, 1.807) is 0 Å². The predicted molar refractivity (Wildman–Crippen MR) is 49.5 cm³/mol. The Bertz CT molecular complexity index is 189. The van der Waals surface area contributed by atoms with Gasteiger partial charge in [0.25, 0.3) is 0 Å². The van der Waals surface area contributed by atoms with Gasteiger partial charge in [-0.2, -0.15) is 0 Å². The summed E-state index contributed by atoms with van der Waals surface area (Å²) in [6.45, 7) is 6.10. The molecule has 0 aromatic carbocycles. The first-order chi connectivity index (χ1) is 6.00. The lowest BCUT2D eigenvalue weighted by molar-refractivity contribution is -0.143. The molecule has 0 aliphatic carbocycles. The van der Waals surface area contributed by atoms with Gasteiger partial charge in [0.15, 0.2) is 0 Å². The van der Waals surface area contributed by atoms with E-state index in [0.29, 0.717) is 12.3 Å². The van der Waals surface area contributed by atoms with Gasteiger partial charge < -0.3 is 9.84 Å². The highest BCUT2D eigenvalue weighted by atomic mass is 16.5. The number of hydrogen-bond acceptors (Lipinski definition) is 2. The van der Waals surface area contributed by atoms with Gasteiger partial charge in [-0.15, -0.1) is 0 Å². The molecule has 1 aliphatic rings. The highest BCUT2D eigenvalue weighted by Gasteiger charge is 2.36. The van der Waals surface area contributed by atoms with Crippen molar-refractivity contribution in [3.63, 3.8) is 0 Å². The summed E-state index contributed by atoms with van der Waals surface area (Å²) in [6, 6.07) is 0. The van der Waals surface area contributed by atoms with E-state index >= 15 is 0 Å². The van der Waals surface area contributed by atoms with E-state index in [2.05, 4.69) is 13.8 Å². The zero-order valence-corrected chi connectivity index (χ0v) is 8.49. The van der Waals surface area contributed by atoms with Crippen molar-refractivity contribution in [2.75, 3.05) is 0 Å². The predicted octanol–water partition coefficient (Wildman–Crippen LogP) is 1.91. The van der Waals surface area contributed by atoms with Crippen molar-refractivity contribution < 1.29 is 14.6 Å². The second-order valence-corrected chi connectivity index (χ2v) is 4.27. The van der Waals surface area contributed by atoms with E-state index < -0.39 is 5.97 Å². The van der Waals surface area contributed by atoms with Crippen LogP contribution in [0.5, 0.6) is 0 Å². The lowest BCUT2D eigenvalue weighted by Crippen LogP contribution is -2.20. The van der Waals surface area contributed by atoms with Crippen LogP contribution in [-0.2, 0) is 9.53 Å². The molecule has 3 heteroatoms. The van der Waals surface area contributed by atoms with Crippen molar-refractivity contribution in [2.45, 2.75) is 45.8 Å². The topological polar surface area (TPSA) is 46.5 Å². The molecule has 0 aromatic rings. The second kappa shape index (κ2) is 4.09. The smallest absolute Gasteiger partial charge is 0.309 e. The molecule has 1 rings (SSSR count). The van der Waals surface area contributed by atoms with Gasteiger partial charge in [-0.25, -0.2) is 0 Å². The maximum Gasteiger partial charge on any atom is 0.309 e. The summed E-state index contributed by atoms with van der Waals surface area (Å²) in [5.74, 6) is -0.452. The van der Waals surface area contributed by atoms with Crippen LogP contribution >= 0.6 is 0 Å². The fraction of sp³-hybridized carbons (Fsp3) is 0.900. The Morgan fingerprint density at radius 2 is 2.23 bits per heavy atom. The summed E-state index contributed by atoms with van der Waals surface area (Å²) in [6.07, 6.45) is 1.67. The number of carbonyl (C=O) groups is 1. The van der Waals surface area contributed by atoms with Gasteiger partial charge in [0.05, 0.1) is 18.1 Å². The third-order valence-corrected chi connectivity index (χ3v) is 2.54. The van der Waals surface area contributed by atoms with E-state index in [9.17, 15) is 4.79 Å². The Labute approximate surface area is 79.1 Å². The average Bonchev–Trinajstić information content (AvgIpc) is 2.29. The van der Waals surface area contributed by atoms with Crippen LogP contribution < -0.4 is 0 Å². The lowest BCUT2D eigenvalue weighted by atomic mass is 9.96. The molecule has 76 valence electrons. The van der Waals surface area contributed by atoms with Crippen molar-refractivity contribution in [3.8, 4) is 0 Å². The molecule has 1 aliphatic heterocycles. The first-order valence-corrected chi connectivity index (χ1v) is 4.89. The summed E-state index contributed by atoms with van der Waals surface area (Å²) in [5.41, 5.74) is 0. The molecule has 13 heavy (non-hydrogen) atoms. The molecule has 1 N–H and O–H groups in total. The minimum atomic E-state index is -0.723. The van der Waals surface area contributed by atoms with Crippen molar-refractivity contribution in [1.82, 2.24) is 0 Å². The molecule has 1 fully saturated rings.